The Morgan fingerprint density at radius 3 is 2.19 bits per heavy atom. The minimum atomic E-state index is -3.26. The van der Waals surface area contributed by atoms with Crippen molar-refractivity contribution in [3.63, 3.8) is 0 Å². The first-order chi connectivity index (χ1) is 14.4. The number of hydrogen-bond donors (Lipinski definition) is 0. The summed E-state index contributed by atoms with van der Waals surface area (Å²) in [6.45, 7) is 8.64. The smallest absolute Gasteiger partial charge is 0.417 e. The lowest BCUT2D eigenvalue weighted by Gasteiger charge is -2.29. The topological polar surface area (TPSA) is 117 Å². The first-order valence-electron chi connectivity index (χ1n) is 10.3. The summed E-state index contributed by atoms with van der Waals surface area (Å²) in [6, 6.07) is -1.19. The molecule has 11 heteroatoms. The summed E-state index contributed by atoms with van der Waals surface area (Å²) in [5, 5.41) is 9.21. The van der Waals surface area contributed by atoms with Crippen molar-refractivity contribution in [2.24, 2.45) is 5.92 Å². The highest BCUT2D eigenvalue weighted by atomic mass is 19.3. The fourth-order valence-corrected chi connectivity index (χ4v) is 3.68. The summed E-state index contributed by atoms with van der Waals surface area (Å²) in [6.07, 6.45) is -2.61. The van der Waals surface area contributed by atoms with E-state index in [-0.39, 0.29) is 6.42 Å². The maximum absolute atomic E-state index is 13.9. The summed E-state index contributed by atoms with van der Waals surface area (Å²) >= 11 is 0. The molecule has 2 aliphatic heterocycles. The molecular formula is C21H29F2N3O6. The van der Waals surface area contributed by atoms with Crippen LogP contribution in [0, 0.1) is 17.2 Å². The van der Waals surface area contributed by atoms with Crippen molar-refractivity contribution in [3.8, 4) is 6.07 Å². The van der Waals surface area contributed by atoms with E-state index < -0.39 is 78.4 Å². The maximum Gasteiger partial charge on any atom is 0.417 e. The van der Waals surface area contributed by atoms with Crippen LogP contribution in [0.3, 0.4) is 0 Å². The zero-order chi connectivity index (χ0) is 24.6. The van der Waals surface area contributed by atoms with E-state index in [0.717, 1.165) is 0 Å². The molecule has 2 heterocycles. The number of halogens is 2. The highest BCUT2D eigenvalue weighted by Gasteiger charge is 2.54. The Morgan fingerprint density at radius 2 is 1.69 bits per heavy atom. The van der Waals surface area contributed by atoms with Gasteiger partial charge in [-0.3, -0.25) is 14.4 Å². The number of nitriles is 1. The molecule has 2 aliphatic rings. The Labute approximate surface area is 185 Å². The van der Waals surface area contributed by atoms with Gasteiger partial charge >= 0.3 is 12.1 Å². The summed E-state index contributed by atoms with van der Waals surface area (Å²) in [5.41, 5.74) is -1.80. The van der Waals surface area contributed by atoms with Gasteiger partial charge in [-0.1, -0.05) is 0 Å². The van der Waals surface area contributed by atoms with Gasteiger partial charge in [-0.15, -0.1) is 0 Å². The average molecular weight is 457 g/mol. The van der Waals surface area contributed by atoms with Gasteiger partial charge in [0.2, 0.25) is 11.8 Å². The molecule has 0 aromatic carbocycles. The summed E-state index contributed by atoms with van der Waals surface area (Å²) in [5.74, 6) is -6.82. The number of carbonyl (C=O) groups is 4. The Hall–Kier alpha value is -2.77. The molecule has 178 valence electrons. The zero-order valence-electron chi connectivity index (χ0n) is 19.1. The monoisotopic (exact) mass is 457 g/mol. The lowest BCUT2D eigenvalue weighted by molar-refractivity contribution is -0.157. The van der Waals surface area contributed by atoms with Crippen LogP contribution in [0.2, 0.25) is 0 Å². The van der Waals surface area contributed by atoms with E-state index >= 15 is 0 Å². The normalized spacial score (nSPS) is 25.5. The molecule has 0 N–H and O–H groups in total. The molecule has 0 aromatic rings. The fourth-order valence-electron chi connectivity index (χ4n) is 3.68. The van der Waals surface area contributed by atoms with Crippen LogP contribution < -0.4 is 0 Å². The van der Waals surface area contributed by atoms with Crippen molar-refractivity contribution in [2.75, 3.05) is 6.54 Å². The third-order valence-corrected chi connectivity index (χ3v) is 4.82. The number of carbonyl (C=O) groups excluding carboxylic acids is 4. The van der Waals surface area contributed by atoms with E-state index in [1.54, 1.807) is 47.6 Å². The van der Waals surface area contributed by atoms with E-state index in [1.807, 2.05) is 0 Å². The van der Waals surface area contributed by atoms with E-state index in [9.17, 15) is 33.2 Å². The van der Waals surface area contributed by atoms with Crippen molar-refractivity contribution in [1.82, 2.24) is 9.80 Å². The van der Waals surface area contributed by atoms with Gasteiger partial charge in [0.1, 0.15) is 23.3 Å². The fraction of sp³-hybridized carbons (Fsp3) is 0.762. The molecule has 2 rings (SSSR count). The molecule has 32 heavy (non-hydrogen) atoms. The number of hydrogen-bond acceptors (Lipinski definition) is 7. The Bertz CT molecular complexity index is 840. The molecule has 0 aliphatic carbocycles. The predicted molar refractivity (Wildman–Crippen MR) is 106 cm³/mol. The van der Waals surface area contributed by atoms with E-state index in [0.29, 0.717) is 9.80 Å². The van der Waals surface area contributed by atoms with Crippen LogP contribution >= 0.6 is 0 Å². The molecule has 0 radical (unpaired) electrons. The molecule has 0 bridgehead atoms. The molecular weight excluding hydrogens is 428 g/mol. The second-order valence-corrected chi connectivity index (χ2v) is 10.1. The molecule has 9 nitrogen and oxygen atoms in total. The highest BCUT2D eigenvalue weighted by molar-refractivity contribution is 6.03. The van der Waals surface area contributed by atoms with E-state index in [2.05, 4.69) is 0 Å². The van der Waals surface area contributed by atoms with Crippen molar-refractivity contribution in [3.05, 3.63) is 0 Å². The van der Waals surface area contributed by atoms with Crippen LogP contribution in [0.1, 0.15) is 60.8 Å². The number of ether oxygens (including phenoxy) is 2. The van der Waals surface area contributed by atoms with Gasteiger partial charge in [0.05, 0.1) is 25.0 Å². The quantitative estimate of drug-likeness (QED) is 0.598. The molecule has 0 saturated carbocycles. The summed E-state index contributed by atoms with van der Waals surface area (Å²) in [7, 11) is 0. The first kappa shape index (κ1) is 25.5. The van der Waals surface area contributed by atoms with Gasteiger partial charge in [0.25, 0.3) is 5.92 Å². The van der Waals surface area contributed by atoms with Gasteiger partial charge in [-0.25, -0.2) is 18.5 Å². The third kappa shape index (κ3) is 6.14. The largest absolute Gasteiger partial charge is 0.460 e. The lowest BCUT2D eigenvalue weighted by atomic mass is 10.0. The second-order valence-electron chi connectivity index (χ2n) is 10.1. The van der Waals surface area contributed by atoms with Crippen LogP contribution in [0.25, 0.3) is 0 Å². The number of esters is 1. The Morgan fingerprint density at radius 1 is 1.12 bits per heavy atom. The van der Waals surface area contributed by atoms with Crippen molar-refractivity contribution < 1.29 is 37.4 Å². The SMILES string of the molecule is CC(C)(C)OC(=O)C[C@@H]1C[C@@H](C(=O)N2CC(F)(F)C[C@H]2C#N)N(C(=O)OC(C)(C)C)C1=O. The first-order valence-corrected chi connectivity index (χ1v) is 10.3. The van der Waals surface area contributed by atoms with Crippen LogP contribution in [-0.4, -0.2) is 69.4 Å². The summed E-state index contributed by atoms with van der Waals surface area (Å²) < 4.78 is 38.2. The van der Waals surface area contributed by atoms with Gasteiger partial charge in [0.15, 0.2) is 0 Å². The van der Waals surface area contributed by atoms with Gasteiger partial charge in [0, 0.05) is 6.42 Å². The second kappa shape index (κ2) is 8.64. The third-order valence-electron chi connectivity index (χ3n) is 4.82. The minimum absolute atomic E-state index is 0.267. The number of imide groups is 1. The minimum Gasteiger partial charge on any atom is -0.460 e. The molecule has 2 saturated heterocycles. The van der Waals surface area contributed by atoms with E-state index in [1.165, 1.54) is 0 Å². The average Bonchev–Trinajstić information content (AvgIpc) is 3.07. The predicted octanol–water partition coefficient (Wildman–Crippen LogP) is 2.63. The van der Waals surface area contributed by atoms with Crippen LogP contribution in [-0.2, 0) is 23.9 Å². The number of amides is 3. The van der Waals surface area contributed by atoms with Crippen molar-refractivity contribution >= 4 is 23.9 Å². The van der Waals surface area contributed by atoms with Crippen molar-refractivity contribution in [1.29, 1.82) is 5.26 Å². The number of likely N-dealkylation sites (tertiary alicyclic amines) is 2. The number of rotatable bonds is 3. The molecule has 0 unspecified atom stereocenters. The van der Waals surface area contributed by atoms with Crippen LogP contribution in [0.5, 0.6) is 0 Å². The maximum atomic E-state index is 13.9. The molecule has 0 spiro atoms. The van der Waals surface area contributed by atoms with Crippen molar-refractivity contribution in [2.45, 2.75) is 90.0 Å². The highest BCUT2D eigenvalue weighted by Crippen LogP contribution is 2.36. The van der Waals surface area contributed by atoms with E-state index in [4.69, 9.17) is 9.47 Å². The molecule has 0 aromatic heterocycles. The van der Waals surface area contributed by atoms with Crippen LogP contribution in [0.15, 0.2) is 0 Å². The van der Waals surface area contributed by atoms with Gasteiger partial charge < -0.3 is 14.4 Å². The Kier molecular flexibility index (Phi) is 6.88. The van der Waals surface area contributed by atoms with Gasteiger partial charge in [-0.05, 0) is 48.0 Å². The number of alkyl halides is 2. The lowest BCUT2D eigenvalue weighted by Crippen LogP contribution is -2.51. The summed E-state index contributed by atoms with van der Waals surface area (Å²) in [4.78, 5) is 52.3. The Balaban J connectivity index is 2.31. The van der Waals surface area contributed by atoms with Crippen LogP contribution in [0.4, 0.5) is 13.6 Å². The molecule has 3 amide bonds. The van der Waals surface area contributed by atoms with Gasteiger partial charge in [-0.2, -0.15) is 5.26 Å². The zero-order valence-corrected chi connectivity index (χ0v) is 19.1. The molecule has 2 fully saturated rings. The number of nitrogens with zero attached hydrogens (tertiary/aromatic N) is 3. The standard InChI is InChI=1S/C21H29F2N3O6/c1-19(2,3)31-15(27)8-12-7-14(26(16(12)28)18(30)32-20(4,5)6)17(29)25-11-21(22,23)9-13(25)10-24/h12-14H,7-9,11H2,1-6H3/t12-,13-,14-/m0/s1. The molecule has 3 atom stereocenters.